The quantitative estimate of drug-likeness (QED) is 0.180. The molecule has 3 saturated carbocycles. The summed E-state index contributed by atoms with van der Waals surface area (Å²) in [7, 11) is -0.685. The number of hydrogen-bond acceptors (Lipinski definition) is 7. The average Bonchev–Trinajstić information content (AvgIpc) is 3.64. The number of urea groups is 1. The third-order valence-corrected chi connectivity index (χ3v) is 12.5. The summed E-state index contributed by atoms with van der Waals surface area (Å²) in [5.41, 5.74) is -1.80. The first kappa shape index (κ1) is 37.9. The van der Waals surface area contributed by atoms with Crippen LogP contribution in [0.15, 0.2) is 65.6 Å². The van der Waals surface area contributed by atoms with Gasteiger partial charge in [0.15, 0.2) is 0 Å². The standard InChI is InChI=1S/C39H48BF3N6O5/c1-7-31(40-53-30-18-26-17-29(36(26,3)4)38(30,6)54-40)47-32(50)28-19-37(5,48-35(52)46-22(2)24-13-9-8-10-14-24)34-45-21-27(33(51)49(28)34)44-20-23-12-11-15-25(16-23)39(41,42)43/h8-16,21-22,26,28-31,44H,7,17-20H2,1-6H3,(H,47,50)(H2,46,48,52)/t22-,26-,28-,29-,30+,31-,37+,38-/m0/s1. The van der Waals surface area contributed by atoms with Crippen LogP contribution in [0.1, 0.15) is 102 Å². The van der Waals surface area contributed by atoms with E-state index in [9.17, 15) is 27.6 Å². The fraction of sp³-hybridized carbons (Fsp3) is 0.538. The molecule has 3 heterocycles. The third-order valence-electron chi connectivity index (χ3n) is 12.5. The van der Waals surface area contributed by atoms with Gasteiger partial charge < -0.3 is 30.6 Å². The summed E-state index contributed by atoms with van der Waals surface area (Å²) in [5, 5.41) is 11.9. The van der Waals surface area contributed by atoms with Crippen molar-refractivity contribution >= 4 is 24.7 Å². The van der Waals surface area contributed by atoms with E-state index in [1.165, 1.54) is 22.9 Å². The number of benzene rings is 2. The van der Waals surface area contributed by atoms with Gasteiger partial charge in [-0.05, 0) is 80.5 Å². The molecule has 2 aromatic carbocycles. The summed E-state index contributed by atoms with van der Waals surface area (Å²) in [6.45, 7) is 12.1. The molecule has 4 fully saturated rings. The van der Waals surface area contributed by atoms with Crippen molar-refractivity contribution in [1.29, 1.82) is 0 Å². The van der Waals surface area contributed by atoms with E-state index >= 15 is 0 Å². The second-order valence-corrected chi connectivity index (χ2v) is 16.4. The number of amides is 3. The number of carbonyl (C=O) groups is 2. The molecule has 2 bridgehead atoms. The van der Waals surface area contributed by atoms with Crippen LogP contribution in [0.4, 0.5) is 23.7 Å². The van der Waals surface area contributed by atoms with Crippen LogP contribution < -0.4 is 26.8 Å². The van der Waals surface area contributed by atoms with E-state index in [2.05, 4.69) is 47.0 Å². The summed E-state index contributed by atoms with van der Waals surface area (Å²) in [6, 6.07) is 12.3. The minimum atomic E-state index is -4.52. The molecule has 3 amide bonds. The molecule has 8 atom stereocenters. The van der Waals surface area contributed by atoms with Crippen molar-refractivity contribution in [3.63, 3.8) is 0 Å². The Bertz CT molecular complexity index is 1980. The molecule has 1 saturated heterocycles. The topological polar surface area (TPSA) is 136 Å². The monoisotopic (exact) mass is 748 g/mol. The number of hydrogen-bond donors (Lipinski definition) is 4. The first-order valence-corrected chi connectivity index (χ1v) is 18.7. The molecule has 8 rings (SSSR count). The number of rotatable bonds is 10. The molecule has 288 valence electrons. The van der Waals surface area contributed by atoms with Crippen molar-refractivity contribution in [1.82, 2.24) is 25.5 Å². The molecule has 4 N–H and O–H groups in total. The molecule has 2 aliphatic heterocycles. The zero-order valence-electron chi connectivity index (χ0n) is 31.4. The normalized spacial score (nSPS) is 28.9. The maximum atomic E-state index is 14.3. The zero-order chi connectivity index (χ0) is 38.8. The highest BCUT2D eigenvalue weighted by atomic mass is 19.4. The molecular formula is C39H48BF3N6O5. The minimum Gasteiger partial charge on any atom is -0.404 e. The van der Waals surface area contributed by atoms with Gasteiger partial charge in [-0.2, -0.15) is 13.2 Å². The van der Waals surface area contributed by atoms with Gasteiger partial charge in [0.25, 0.3) is 5.56 Å². The van der Waals surface area contributed by atoms with E-state index in [1.807, 2.05) is 44.2 Å². The second kappa shape index (κ2) is 13.7. The smallest absolute Gasteiger partial charge is 0.404 e. The number of nitrogens with one attached hydrogen (secondary N) is 4. The molecule has 3 aliphatic carbocycles. The van der Waals surface area contributed by atoms with Gasteiger partial charge in [-0.25, -0.2) is 9.78 Å². The van der Waals surface area contributed by atoms with Gasteiger partial charge in [-0.3, -0.25) is 14.2 Å². The van der Waals surface area contributed by atoms with Crippen LogP contribution in [0.25, 0.3) is 0 Å². The van der Waals surface area contributed by atoms with Gasteiger partial charge in [0.2, 0.25) is 5.91 Å². The highest BCUT2D eigenvalue weighted by Crippen LogP contribution is 2.65. The number of nitrogens with zero attached hydrogens (tertiary/aromatic N) is 2. The Kier molecular flexibility index (Phi) is 9.65. The molecular weight excluding hydrogens is 700 g/mol. The number of carbonyl (C=O) groups excluding carboxylic acids is 2. The molecule has 3 aromatic rings. The average molecular weight is 749 g/mol. The maximum Gasteiger partial charge on any atom is 0.481 e. The Labute approximate surface area is 313 Å². The maximum absolute atomic E-state index is 14.3. The van der Waals surface area contributed by atoms with Crippen LogP contribution >= 0.6 is 0 Å². The van der Waals surface area contributed by atoms with Gasteiger partial charge >= 0.3 is 19.3 Å². The van der Waals surface area contributed by atoms with Crippen molar-refractivity contribution < 1.29 is 32.1 Å². The lowest BCUT2D eigenvalue weighted by molar-refractivity contribution is -0.199. The SMILES string of the molecule is CC[C@H](NC(=O)[C@@H]1C[C@@](C)(NC(=O)N[C@@H](C)c2ccccc2)c2ncc(NCc3cccc(C(F)(F)F)c3)c(=O)n21)B1O[C@@H]2C[C@@H]3C[C@@H](C3(C)C)[C@]2(C)O1. The second-order valence-electron chi connectivity index (χ2n) is 16.4. The van der Waals surface area contributed by atoms with Crippen LogP contribution in [-0.4, -0.2) is 46.3 Å². The van der Waals surface area contributed by atoms with Gasteiger partial charge in [0.05, 0.1) is 41.0 Å². The summed E-state index contributed by atoms with van der Waals surface area (Å²) in [6.07, 6.45) is -0.838. The molecule has 0 spiro atoms. The first-order valence-electron chi connectivity index (χ1n) is 18.7. The van der Waals surface area contributed by atoms with Crippen molar-refractivity contribution in [3.8, 4) is 0 Å². The van der Waals surface area contributed by atoms with Gasteiger partial charge in [-0.15, -0.1) is 0 Å². The van der Waals surface area contributed by atoms with E-state index < -0.39 is 59.5 Å². The van der Waals surface area contributed by atoms with Gasteiger partial charge in [0, 0.05) is 13.0 Å². The Morgan fingerprint density at radius 1 is 1.06 bits per heavy atom. The Balaban J connectivity index is 1.14. The Hall–Kier alpha value is -4.37. The van der Waals surface area contributed by atoms with Gasteiger partial charge in [-0.1, -0.05) is 63.2 Å². The van der Waals surface area contributed by atoms with E-state index in [-0.39, 0.29) is 42.0 Å². The minimum absolute atomic E-state index is 0.00605. The predicted molar refractivity (Wildman–Crippen MR) is 197 cm³/mol. The van der Waals surface area contributed by atoms with E-state index in [1.54, 1.807) is 6.92 Å². The largest absolute Gasteiger partial charge is 0.481 e. The summed E-state index contributed by atoms with van der Waals surface area (Å²) >= 11 is 0. The lowest BCUT2D eigenvalue weighted by Crippen LogP contribution is -2.65. The lowest BCUT2D eigenvalue weighted by Gasteiger charge is -2.64. The Morgan fingerprint density at radius 2 is 1.80 bits per heavy atom. The zero-order valence-corrected chi connectivity index (χ0v) is 31.4. The number of fused-ring (bicyclic) bond motifs is 1. The van der Waals surface area contributed by atoms with E-state index in [0.717, 1.165) is 30.5 Å². The van der Waals surface area contributed by atoms with Crippen LogP contribution in [0.5, 0.6) is 0 Å². The molecule has 0 unspecified atom stereocenters. The summed E-state index contributed by atoms with van der Waals surface area (Å²) in [4.78, 5) is 46.6. The lowest BCUT2D eigenvalue weighted by atomic mass is 9.43. The summed E-state index contributed by atoms with van der Waals surface area (Å²) in [5.74, 6) is 0.0673. The highest BCUT2D eigenvalue weighted by molar-refractivity contribution is 6.47. The molecule has 11 nitrogen and oxygen atoms in total. The van der Waals surface area contributed by atoms with Crippen LogP contribution in [0, 0.1) is 17.3 Å². The molecule has 15 heteroatoms. The molecule has 5 aliphatic rings. The predicted octanol–water partition coefficient (Wildman–Crippen LogP) is 6.26. The number of aromatic nitrogens is 2. The number of anilines is 1. The van der Waals surface area contributed by atoms with Crippen molar-refractivity contribution in [2.75, 3.05) is 5.32 Å². The van der Waals surface area contributed by atoms with Gasteiger partial charge in [0.1, 0.15) is 17.6 Å². The molecule has 54 heavy (non-hydrogen) atoms. The molecule has 0 radical (unpaired) electrons. The fourth-order valence-electron chi connectivity index (χ4n) is 9.25. The Morgan fingerprint density at radius 3 is 2.48 bits per heavy atom. The third kappa shape index (κ3) is 6.67. The molecule has 1 aromatic heterocycles. The van der Waals surface area contributed by atoms with Crippen LogP contribution in [0.3, 0.4) is 0 Å². The number of halogens is 3. The highest BCUT2D eigenvalue weighted by Gasteiger charge is 2.68. The first-order chi connectivity index (χ1) is 25.4. The van der Waals surface area contributed by atoms with E-state index in [4.69, 9.17) is 9.31 Å². The van der Waals surface area contributed by atoms with Crippen molar-refractivity contribution in [2.45, 2.75) is 115 Å². The van der Waals surface area contributed by atoms with Crippen molar-refractivity contribution in [2.24, 2.45) is 17.3 Å². The fourth-order valence-corrected chi connectivity index (χ4v) is 9.25. The number of alkyl halides is 3. The summed E-state index contributed by atoms with van der Waals surface area (Å²) < 4.78 is 54.6. The van der Waals surface area contributed by atoms with Crippen molar-refractivity contribution in [3.05, 3.63) is 93.7 Å². The van der Waals surface area contributed by atoms with E-state index in [0.29, 0.717) is 23.8 Å². The van der Waals surface area contributed by atoms with Crippen LogP contribution in [0.2, 0.25) is 0 Å². The van der Waals surface area contributed by atoms with Crippen LogP contribution in [-0.2, 0) is 32.4 Å².